The molecule has 84 valence electrons. The Balaban J connectivity index is 2.17. The number of hydrogen-bond acceptors (Lipinski definition) is 3. The van der Waals surface area contributed by atoms with Crippen molar-refractivity contribution in [2.24, 2.45) is 5.92 Å². The van der Waals surface area contributed by atoms with E-state index in [0.717, 1.165) is 17.3 Å². The van der Waals surface area contributed by atoms with Crippen LogP contribution in [0.2, 0.25) is 10.0 Å². The van der Waals surface area contributed by atoms with E-state index in [-0.39, 0.29) is 10.9 Å². The summed E-state index contributed by atoms with van der Waals surface area (Å²) in [6.45, 7) is 0. The quantitative estimate of drug-likeness (QED) is 0.778. The van der Waals surface area contributed by atoms with Crippen LogP contribution in [0, 0.1) is 5.92 Å². The second-order valence-electron chi connectivity index (χ2n) is 3.58. The summed E-state index contributed by atoms with van der Waals surface area (Å²) in [5.41, 5.74) is 0.864. The fourth-order valence-corrected chi connectivity index (χ4v) is 2.80. The van der Waals surface area contributed by atoms with Gasteiger partial charge in [-0.15, -0.1) is 0 Å². The number of carbonyl (C=O) groups is 2. The zero-order valence-corrected chi connectivity index (χ0v) is 10.5. The third-order valence-corrected chi connectivity index (χ3v) is 4.19. The molecule has 0 radical (unpaired) electrons. The number of ketones is 1. The van der Waals surface area contributed by atoms with Gasteiger partial charge in [-0.1, -0.05) is 41.0 Å². The number of rotatable bonds is 2. The van der Waals surface area contributed by atoms with Gasteiger partial charge in [-0.3, -0.25) is 9.59 Å². The number of carbonyl (C=O) groups excluding carboxylic acids is 2. The van der Waals surface area contributed by atoms with Crippen molar-refractivity contribution in [3.63, 3.8) is 0 Å². The monoisotopic (exact) mass is 274 g/mol. The molecule has 2 rings (SSSR count). The molecule has 0 aromatic heterocycles. The molecule has 1 fully saturated rings. The van der Waals surface area contributed by atoms with Gasteiger partial charge in [0.05, 0.1) is 21.7 Å². The summed E-state index contributed by atoms with van der Waals surface area (Å²) in [6, 6.07) is 5.17. The van der Waals surface area contributed by atoms with Crippen LogP contribution in [-0.4, -0.2) is 16.7 Å². The maximum Gasteiger partial charge on any atom is 0.200 e. The molecular formula is C11H8Cl2O2S. The van der Waals surface area contributed by atoms with Crippen LogP contribution >= 0.6 is 35.0 Å². The van der Waals surface area contributed by atoms with Crippen molar-refractivity contribution in [1.29, 1.82) is 0 Å². The SMILES string of the molecule is O=C1CSC(=O)C1Cc1ccc(Cl)c(Cl)c1. The second-order valence-corrected chi connectivity index (χ2v) is 5.37. The highest BCUT2D eigenvalue weighted by molar-refractivity contribution is 8.15. The summed E-state index contributed by atoms with van der Waals surface area (Å²) in [4.78, 5) is 22.9. The van der Waals surface area contributed by atoms with Crippen LogP contribution in [0.1, 0.15) is 5.56 Å². The smallest absolute Gasteiger partial charge is 0.200 e. The number of thioether (sulfide) groups is 1. The van der Waals surface area contributed by atoms with Crippen molar-refractivity contribution in [2.45, 2.75) is 6.42 Å². The van der Waals surface area contributed by atoms with Crippen LogP contribution in [0.4, 0.5) is 0 Å². The first-order chi connectivity index (χ1) is 7.58. The average Bonchev–Trinajstić information content (AvgIpc) is 2.55. The van der Waals surface area contributed by atoms with E-state index in [4.69, 9.17) is 23.2 Å². The first-order valence-electron chi connectivity index (χ1n) is 4.71. The molecule has 0 bridgehead atoms. The first-order valence-corrected chi connectivity index (χ1v) is 6.45. The molecule has 1 saturated heterocycles. The fourth-order valence-electron chi connectivity index (χ4n) is 1.57. The lowest BCUT2D eigenvalue weighted by atomic mass is 9.97. The molecule has 1 heterocycles. The van der Waals surface area contributed by atoms with E-state index in [0.29, 0.717) is 22.2 Å². The topological polar surface area (TPSA) is 34.1 Å². The van der Waals surface area contributed by atoms with Crippen LogP contribution in [0.25, 0.3) is 0 Å². The molecule has 0 amide bonds. The molecule has 1 aromatic carbocycles. The van der Waals surface area contributed by atoms with E-state index in [1.807, 2.05) is 0 Å². The van der Waals surface area contributed by atoms with Gasteiger partial charge in [0.2, 0.25) is 0 Å². The zero-order valence-electron chi connectivity index (χ0n) is 8.20. The molecule has 1 aromatic rings. The summed E-state index contributed by atoms with van der Waals surface area (Å²) in [5, 5.41) is 0.879. The molecule has 1 unspecified atom stereocenters. The number of Topliss-reactive ketones (excluding diaryl/α,β-unsaturated/α-hetero) is 1. The van der Waals surface area contributed by atoms with Crippen molar-refractivity contribution in [3.8, 4) is 0 Å². The van der Waals surface area contributed by atoms with Crippen LogP contribution in [-0.2, 0) is 16.0 Å². The first kappa shape index (κ1) is 12.0. The van der Waals surface area contributed by atoms with Crippen molar-refractivity contribution in [3.05, 3.63) is 33.8 Å². The van der Waals surface area contributed by atoms with Gasteiger partial charge in [-0.2, -0.15) is 0 Å². The molecular weight excluding hydrogens is 267 g/mol. The molecule has 0 saturated carbocycles. The number of hydrogen-bond donors (Lipinski definition) is 0. The standard InChI is InChI=1S/C11H8Cl2O2S/c12-8-2-1-6(4-9(8)13)3-7-10(14)5-16-11(7)15/h1-2,4,7H,3,5H2. The van der Waals surface area contributed by atoms with E-state index in [2.05, 4.69) is 0 Å². The lowest BCUT2D eigenvalue weighted by Crippen LogP contribution is -2.17. The summed E-state index contributed by atoms with van der Waals surface area (Å²) < 4.78 is 0. The Labute approximate surface area is 107 Å². The molecule has 1 aliphatic rings. The summed E-state index contributed by atoms with van der Waals surface area (Å²) in [7, 11) is 0. The minimum atomic E-state index is -0.512. The van der Waals surface area contributed by atoms with E-state index in [1.54, 1.807) is 18.2 Å². The minimum absolute atomic E-state index is 0.000993. The second kappa shape index (κ2) is 4.78. The summed E-state index contributed by atoms with van der Waals surface area (Å²) >= 11 is 12.7. The van der Waals surface area contributed by atoms with Crippen molar-refractivity contribution >= 4 is 45.9 Å². The maximum absolute atomic E-state index is 11.4. The molecule has 5 heteroatoms. The summed E-state index contributed by atoms with van der Waals surface area (Å²) in [5.74, 6) is -0.214. The predicted octanol–water partition coefficient (Wildman–Crippen LogP) is 2.99. The summed E-state index contributed by atoms with van der Waals surface area (Å²) in [6.07, 6.45) is 0.418. The minimum Gasteiger partial charge on any atom is -0.298 e. The van der Waals surface area contributed by atoms with E-state index in [1.165, 1.54) is 0 Å². The Hall–Kier alpha value is -0.510. The van der Waals surface area contributed by atoms with Crippen LogP contribution in [0.3, 0.4) is 0 Å². The van der Waals surface area contributed by atoms with Crippen molar-refractivity contribution in [2.75, 3.05) is 5.75 Å². The average molecular weight is 275 g/mol. The predicted molar refractivity (Wildman–Crippen MR) is 66.1 cm³/mol. The van der Waals surface area contributed by atoms with Crippen LogP contribution < -0.4 is 0 Å². The molecule has 0 N–H and O–H groups in total. The molecule has 2 nitrogen and oxygen atoms in total. The number of benzene rings is 1. The molecule has 16 heavy (non-hydrogen) atoms. The van der Waals surface area contributed by atoms with Gasteiger partial charge < -0.3 is 0 Å². The molecule has 1 atom stereocenters. The van der Waals surface area contributed by atoms with E-state index in [9.17, 15) is 9.59 Å². The Morgan fingerprint density at radius 1 is 1.25 bits per heavy atom. The normalized spacial score (nSPS) is 20.5. The van der Waals surface area contributed by atoms with Gasteiger partial charge in [0.1, 0.15) is 0 Å². The largest absolute Gasteiger partial charge is 0.298 e. The highest BCUT2D eigenvalue weighted by Crippen LogP contribution is 2.28. The highest BCUT2D eigenvalue weighted by Gasteiger charge is 2.33. The Morgan fingerprint density at radius 3 is 2.56 bits per heavy atom. The zero-order chi connectivity index (χ0) is 11.7. The highest BCUT2D eigenvalue weighted by atomic mass is 35.5. The maximum atomic E-state index is 11.4. The van der Waals surface area contributed by atoms with Gasteiger partial charge >= 0.3 is 0 Å². The van der Waals surface area contributed by atoms with E-state index >= 15 is 0 Å². The lowest BCUT2D eigenvalue weighted by molar-refractivity contribution is -0.125. The third kappa shape index (κ3) is 2.42. The van der Waals surface area contributed by atoms with Crippen molar-refractivity contribution < 1.29 is 9.59 Å². The van der Waals surface area contributed by atoms with Gasteiger partial charge in [-0.05, 0) is 24.1 Å². The molecule has 1 aliphatic heterocycles. The van der Waals surface area contributed by atoms with Crippen LogP contribution in [0.5, 0.6) is 0 Å². The van der Waals surface area contributed by atoms with Crippen LogP contribution in [0.15, 0.2) is 18.2 Å². The lowest BCUT2D eigenvalue weighted by Gasteiger charge is -2.06. The molecule has 0 spiro atoms. The van der Waals surface area contributed by atoms with E-state index < -0.39 is 5.92 Å². The Bertz CT molecular complexity index is 443. The Kier molecular flexibility index (Phi) is 3.57. The fraction of sp³-hybridized carbons (Fsp3) is 0.273. The van der Waals surface area contributed by atoms with Crippen molar-refractivity contribution in [1.82, 2.24) is 0 Å². The third-order valence-electron chi connectivity index (χ3n) is 2.45. The Morgan fingerprint density at radius 2 is 2.00 bits per heavy atom. The van der Waals surface area contributed by atoms with Gasteiger partial charge in [0.15, 0.2) is 10.9 Å². The molecule has 0 aliphatic carbocycles. The van der Waals surface area contributed by atoms with Gasteiger partial charge in [0, 0.05) is 0 Å². The van der Waals surface area contributed by atoms with Gasteiger partial charge in [0.25, 0.3) is 0 Å². The van der Waals surface area contributed by atoms with Gasteiger partial charge in [-0.25, -0.2) is 0 Å². The number of halogens is 2.